The maximum Gasteiger partial charge on any atom is 0.278 e. The molecule has 6 nitrogen and oxygen atoms in total. The summed E-state index contributed by atoms with van der Waals surface area (Å²) in [5, 5.41) is 3.07. The Hall–Kier alpha value is -3.36. The minimum atomic E-state index is -3.53. The van der Waals surface area contributed by atoms with Crippen LogP contribution in [0.3, 0.4) is 0 Å². The highest BCUT2D eigenvalue weighted by atomic mass is 19.3. The average molecular weight is 615 g/mol. The summed E-state index contributed by atoms with van der Waals surface area (Å²) in [7, 11) is 0. The van der Waals surface area contributed by atoms with E-state index in [0.29, 0.717) is 12.8 Å². The fourth-order valence-corrected chi connectivity index (χ4v) is 6.34. The zero-order valence-electron chi connectivity index (χ0n) is 27.5. The molecule has 0 saturated heterocycles. The summed E-state index contributed by atoms with van der Waals surface area (Å²) in [4.78, 5) is 32.4. The molecule has 2 aromatic carbocycles. The minimum absolute atomic E-state index is 0.0456. The number of amides is 2. The molecule has 2 aromatic rings. The van der Waals surface area contributed by atoms with Crippen molar-refractivity contribution in [3.8, 4) is 0 Å². The molecule has 2 amide bonds. The molecule has 4 aliphatic rings. The lowest BCUT2D eigenvalue weighted by Crippen LogP contribution is -2.48. The lowest BCUT2D eigenvalue weighted by molar-refractivity contribution is -0.131. The highest BCUT2D eigenvalue weighted by Gasteiger charge is 2.51. The van der Waals surface area contributed by atoms with Crippen molar-refractivity contribution in [2.24, 2.45) is 16.1 Å². The first kappa shape index (κ1) is 35.1. The van der Waals surface area contributed by atoms with Gasteiger partial charge in [0.15, 0.2) is 5.96 Å². The number of aliphatic imine (C=N–C) groups is 1. The number of alkyl halides is 2. The molecular formula is C35H49F3N4O2. The second-order valence-corrected chi connectivity index (χ2v) is 12.7. The Morgan fingerprint density at radius 3 is 2.36 bits per heavy atom. The van der Waals surface area contributed by atoms with Gasteiger partial charge >= 0.3 is 0 Å². The third-order valence-electron chi connectivity index (χ3n) is 8.20. The molecule has 3 N–H and O–H groups in total. The maximum absolute atomic E-state index is 15.3. The molecule has 0 fully saturated rings. The van der Waals surface area contributed by atoms with E-state index in [1.165, 1.54) is 6.07 Å². The van der Waals surface area contributed by atoms with Crippen molar-refractivity contribution in [1.29, 1.82) is 0 Å². The number of halogens is 3. The number of hydrogen-bond acceptors (Lipinski definition) is 4. The summed E-state index contributed by atoms with van der Waals surface area (Å²) in [6, 6.07) is 6.48. The van der Waals surface area contributed by atoms with Crippen LogP contribution in [0.2, 0.25) is 0 Å². The minimum Gasteiger partial charge on any atom is -0.369 e. The smallest absolute Gasteiger partial charge is 0.278 e. The zero-order chi connectivity index (χ0) is 33.0. The molecule has 1 aliphatic carbocycles. The van der Waals surface area contributed by atoms with Crippen LogP contribution in [0, 0.1) is 18.2 Å². The van der Waals surface area contributed by atoms with Crippen molar-refractivity contribution < 1.29 is 22.8 Å². The molecule has 3 aliphatic heterocycles. The number of carbonyl (C=O) groups excluding carboxylic acids is 2. The maximum atomic E-state index is 15.3. The highest BCUT2D eigenvalue weighted by molar-refractivity contribution is 5.99. The summed E-state index contributed by atoms with van der Waals surface area (Å²) >= 11 is 0. The Morgan fingerprint density at radius 2 is 1.73 bits per heavy atom. The number of benzene rings is 2. The SMILES string of the molecule is CC.CC.Cc1ccc2cc1C(CC(C)(C)C)NC(=O)c1cc(F)c3c(c1)C(CC3(F)F)N1C(=O)CC(CCCC2)N=C1N. The summed E-state index contributed by atoms with van der Waals surface area (Å²) < 4.78 is 45.6. The molecule has 9 heteroatoms. The third kappa shape index (κ3) is 7.64. The second-order valence-electron chi connectivity index (χ2n) is 12.7. The molecule has 0 radical (unpaired) electrons. The van der Waals surface area contributed by atoms with Crippen molar-refractivity contribution in [3.63, 3.8) is 0 Å². The zero-order valence-corrected chi connectivity index (χ0v) is 27.5. The number of hydrogen-bond donors (Lipinski definition) is 2. The van der Waals surface area contributed by atoms with Crippen molar-refractivity contribution in [2.75, 3.05) is 0 Å². The molecule has 0 aromatic heterocycles. The molecule has 0 spiro atoms. The van der Waals surface area contributed by atoms with E-state index < -0.39 is 41.6 Å². The molecule has 44 heavy (non-hydrogen) atoms. The summed E-state index contributed by atoms with van der Waals surface area (Å²) in [5.74, 6) is -5.83. The van der Waals surface area contributed by atoms with E-state index in [9.17, 15) is 9.59 Å². The van der Waals surface area contributed by atoms with Gasteiger partial charge < -0.3 is 11.1 Å². The number of nitrogens with two attached hydrogens (primary N) is 1. The number of nitrogens with one attached hydrogen (secondary N) is 1. The van der Waals surface area contributed by atoms with E-state index in [1.807, 2.05) is 40.7 Å². The van der Waals surface area contributed by atoms with Crippen LogP contribution in [-0.2, 0) is 17.1 Å². The number of fused-ring (bicyclic) bond motifs is 6. The average Bonchev–Trinajstić information content (AvgIpc) is 3.22. The number of aryl methyl sites for hydroxylation is 2. The van der Waals surface area contributed by atoms with Gasteiger partial charge in [-0.25, -0.2) is 18.2 Å². The first-order chi connectivity index (χ1) is 20.7. The van der Waals surface area contributed by atoms with Crippen LogP contribution >= 0.6 is 0 Å². The Morgan fingerprint density at radius 1 is 1.05 bits per heavy atom. The summed E-state index contributed by atoms with van der Waals surface area (Å²) in [6.45, 7) is 16.2. The largest absolute Gasteiger partial charge is 0.369 e. The van der Waals surface area contributed by atoms with Crippen molar-refractivity contribution in [2.45, 2.75) is 124 Å². The summed E-state index contributed by atoms with van der Waals surface area (Å²) in [6.07, 6.45) is 3.01. The monoisotopic (exact) mass is 614 g/mol. The fourth-order valence-electron chi connectivity index (χ4n) is 6.34. The first-order valence-electron chi connectivity index (χ1n) is 16.0. The lowest BCUT2D eigenvalue weighted by atomic mass is 9.83. The van der Waals surface area contributed by atoms with Gasteiger partial charge in [0, 0.05) is 18.4 Å². The van der Waals surface area contributed by atoms with Crippen LogP contribution in [-0.4, -0.2) is 28.7 Å². The van der Waals surface area contributed by atoms with Gasteiger partial charge in [0.1, 0.15) is 5.82 Å². The number of rotatable bonds is 1. The van der Waals surface area contributed by atoms with Gasteiger partial charge in [-0.2, -0.15) is 0 Å². The van der Waals surface area contributed by atoms with E-state index in [2.05, 4.69) is 43.2 Å². The highest BCUT2D eigenvalue weighted by Crippen LogP contribution is 2.51. The van der Waals surface area contributed by atoms with Gasteiger partial charge in [-0.15, -0.1) is 0 Å². The first-order valence-corrected chi connectivity index (χ1v) is 16.0. The van der Waals surface area contributed by atoms with Gasteiger partial charge in [0.25, 0.3) is 11.8 Å². The molecule has 3 atom stereocenters. The van der Waals surface area contributed by atoms with Crippen LogP contribution in [0.15, 0.2) is 35.3 Å². The van der Waals surface area contributed by atoms with Crippen LogP contribution in [0.1, 0.15) is 137 Å². The van der Waals surface area contributed by atoms with Crippen molar-refractivity contribution >= 4 is 17.8 Å². The molecule has 3 unspecified atom stereocenters. The van der Waals surface area contributed by atoms with Crippen LogP contribution in [0.5, 0.6) is 0 Å². The van der Waals surface area contributed by atoms with Crippen LogP contribution < -0.4 is 11.1 Å². The van der Waals surface area contributed by atoms with Crippen molar-refractivity contribution in [1.82, 2.24) is 10.2 Å². The van der Waals surface area contributed by atoms with Gasteiger partial charge in [-0.3, -0.25) is 14.5 Å². The molecule has 0 saturated carbocycles. The molecule has 242 valence electrons. The van der Waals surface area contributed by atoms with E-state index in [4.69, 9.17) is 5.73 Å². The van der Waals surface area contributed by atoms with E-state index in [1.54, 1.807) is 0 Å². The van der Waals surface area contributed by atoms with Crippen molar-refractivity contribution in [3.05, 3.63) is 69.5 Å². The quantitative estimate of drug-likeness (QED) is 0.339. The van der Waals surface area contributed by atoms with E-state index >= 15 is 13.2 Å². The van der Waals surface area contributed by atoms with Gasteiger partial charge in [0.05, 0.1) is 23.7 Å². The third-order valence-corrected chi connectivity index (χ3v) is 8.20. The van der Waals surface area contributed by atoms with Gasteiger partial charge in [0.2, 0.25) is 5.91 Å². The predicted molar refractivity (Wildman–Crippen MR) is 170 cm³/mol. The van der Waals surface area contributed by atoms with Gasteiger partial charge in [-0.1, -0.05) is 73.1 Å². The fraction of sp³-hybridized carbons (Fsp3) is 0.571. The van der Waals surface area contributed by atoms with Gasteiger partial charge in [-0.05, 0) is 72.4 Å². The Bertz CT molecular complexity index is 1380. The lowest BCUT2D eigenvalue weighted by Gasteiger charge is -2.34. The Labute approximate surface area is 260 Å². The summed E-state index contributed by atoms with van der Waals surface area (Å²) in [5.41, 5.74) is 8.22. The van der Waals surface area contributed by atoms with Crippen LogP contribution in [0.4, 0.5) is 13.2 Å². The van der Waals surface area contributed by atoms with E-state index in [0.717, 1.165) is 46.9 Å². The number of guanidine groups is 1. The normalized spacial score (nSPS) is 22.8. The molecule has 3 heterocycles. The topological polar surface area (TPSA) is 87.8 Å². The number of carbonyl (C=O) groups is 2. The van der Waals surface area contributed by atoms with E-state index in [-0.39, 0.29) is 41.0 Å². The predicted octanol–water partition coefficient (Wildman–Crippen LogP) is 8.27. The Balaban J connectivity index is 0.00000127. The molecule has 6 rings (SSSR count). The molecule has 6 bridgehead atoms. The van der Waals surface area contributed by atoms with Crippen LogP contribution in [0.25, 0.3) is 0 Å². The second kappa shape index (κ2) is 14.2. The Kier molecular flexibility index (Phi) is 11.3. The standard InChI is InChI=1S/C31H37F3N4O2.2C2H6/c1-17-9-10-18-7-5-6-8-20-14-26(39)38(29(35)36-20)25-16-31(33,34)27-22(25)12-19(13-23(27)32)28(40)37-24(21(17)11-18)15-30(2,3)4;2*1-2/h9-13,20,24-25H,5-8,14-16H2,1-4H3,(H2,35,36)(H,37,40);2*1-2H3. The molecular weight excluding hydrogens is 565 g/mol. The number of nitrogens with zero attached hydrogens (tertiary/aromatic N) is 2.